The van der Waals surface area contributed by atoms with Crippen molar-refractivity contribution in [3.05, 3.63) is 65.2 Å². The van der Waals surface area contributed by atoms with Gasteiger partial charge in [0.2, 0.25) is 23.6 Å². The molecule has 4 rings (SSSR count). The highest BCUT2D eigenvalue weighted by atomic mass is 16.7. The van der Waals surface area contributed by atoms with Crippen LogP contribution in [0.1, 0.15) is 63.1 Å². The zero-order chi connectivity index (χ0) is 31.0. The maximum absolute atomic E-state index is 13.6. The van der Waals surface area contributed by atoms with Gasteiger partial charge in [-0.05, 0) is 56.7 Å². The molecule has 1 fully saturated rings. The number of amides is 4. The van der Waals surface area contributed by atoms with Crippen LogP contribution in [-0.4, -0.2) is 60.6 Å². The van der Waals surface area contributed by atoms with Crippen LogP contribution < -0.4 is 26.7 Å². The van der Waals surface area contributed by atoms with Gasteiger partial charge in [-0.25, -0.2) is 5.48 Å². The standard InChI is InChI=1S/C32H43N5O6/c1-31(2,3)43-37-27(39)18-24(35-26(38)16-15-21-10-6-5-7-11-21)29(40)36-32(19-25(32)42-4)30(41)34-20-23-13-8-12-22-14-9-17-33-28(22)23/h5-8,10-13,24-25,33H,9,14-20H2,1-4H3,(H,34,41)(H,35,38)(H,36,40)(H,37,39)/t24-,25?,32+/m0/s1. The molecule has 2 aromatic rings. The Kier molecular flexibility index (Phi) is 10.4. The number of carbonyl (C=O) groups is 4. The minimum absolute atomic E-state index is 0.121. The van der Waals surface area contributed by atoms with Gasteiger partial charge in [-0.2, -0.15) is 0 Å². The number of benzene rings is 2. The SMILES string of the molecule is COC1C[C@]1(NC(=O)[C@H](CC(=O)NOC(C)(C)C)NC(=O)CCc1ccccc1)C(=O)NCc1cccc2c1NCCC2. The molecule has 11 nitrogen and oxygen atoms in total. The van der Waals surface area contributed by atoms with Gasteiger partial charge in [0.1, 0.15) is 11.6 Å². The van der Waals surface area contributed by atoms with Crippen molar-refractivity contribution < 1.29 is 28.8 Å². The van der Waals surface area contributed by atoms with E-state index in [0.717, 1.165) is 36.2 Å². The van der Waals surface area contributed by atoms with Gasteiger partial charge in [-0.1, -0.05) is 48.5 Å². The number of rotatable bonds is 13. The summed E-state index contributed by atoms with van der Waals surface area (Å²) < 4.78 is 5.47. The molecular weight excluding hydrogens is 550 g/mol. The van der Waals surface area contributed by atoms with Crippen molar-refractivity contribution in [3.8, 4) is 0 Å². The molecule has 232 valence electrons. The Morgan fingerprint density at radius 1 is 1.05 bits per heavy atom. The van der Waals surface area contributed by atoms with Crippen LogP contribution in [0.15, 0.2) is 48.5 Å². The average molecular weight is 594 g/mol. The molecule has 5 N–H and O–H groups in total. The third-order valence-electron chi connectivity index (χ3n) is 7.53. The molecule has 1 unspecified atom stereocenters. The molecule has 2 aliphatic rings. The molecular formula is C32H43N5O6. The van der Waals surface area contributed by atoms with E-state index < -0.39 is 46.9 Å². The zero-order valence-electron chi connectivity index (χ0n) is 25.4. The van der Waals surface area contributed by atoms with Crippen molar-refractivity contribution in [2.24, 2.45) is 0 Å². The Labute approximate surface area is 252 Å². The number of hydrogen-bond acceptors (Lipinski definition) is 7. The van der Waals surface area contributed by atoms with Gasteiger partial charge < -0.3 is 26.0 Å². The fraction of sp³-hybridized carbons (Fsp3) is 0.500. The predicted molar refractivity (Wildman–Crippen MR) is 162 cm³/mol. The molecule has 0 spiro atoms. The van der Waals surface area contributed by atoms with Crippen molar-refractivity contribution in [1.29, 1.82) is 0 Å². The largest absolute Gasteiger partial charge is 0.385 e. The van der Waals surface area contributed by atoms with E-state index in [9.17, 15) is 19.2 Å². The van der Waals surface area contributed by atoms with Crippen molar-refractivity contribution in [2.45, 2.75) is 89.1 Å². The lowest BCUT2D eigenvalue weighted by molar-refractivity contribution is -0.147. The lowest BCUT2D eigenvalue weighted by atomic mass is 9.99. The Morgan fingerprint density at radius 2 is 1.81 bits per heavy atom. The maximum Gasteiger partial charge on any atom is 0.248 e. The second-order valence-electron chi connectivity index (χ2n) is 12.1. The van der Waals surface area contributed by atoms with Gasteiger partial charge in [-0.15, -0.1) is 0 Å². The van der Waals surface area contributed by atoms with Crippen LogP contribution in [0.25, 0.3) is 0 Å². The van der Waals surface area contributed by atoms with E-state index >= 15 is 0 Å². The summed E-state index contributed by atoms with van der Waals surface area (Å²) in [6.07, 6.45) is 1.95. The molecule has 0 aromatic heterocycles. The molecule has 3 atom stereocenters. The first-order valence-electron chi connectivity index (χ1n) is 14.8. The number of ether oxygens (including phenoxy) is 1. The van der Waals surface area contributed by atoms with Crippen LogP contribution in [0.4, 0.5) is 5.69 Å². The summed E-state index contributed by atoms with van der Waals surface area (Å²) in [7, 11) is 1.48. The first kappa shape index (κ1) is 32.0. The second kappa shape index (κ2) is 14.0. The summed E-state index contributed by atoms with van der Waals surface area (Å²) in [5, 5.41) is 11.9. The normalized spacial score (nSPS) is 19.7. The molecule has 0 bridgehead atoms. The van der Waals surface area contributed by atoms with E-state index in [2.05, 4.69) is 32.8 Å². The van der Waals surface area contributed by atoms with E-state index in [0.29, 0.717) is 6.42 Å². The third kappa shape index (κ3) is 8.77. The summed E-state index contributed by atoms with van der Waals surface area (Å²) in [6, 6.07) is 14.3. The maximum atomic E-state index is 13.6. The molecule has 1 saturated carbocycles. The number of para-hydroxylation sites is 1. The zero-order valence-corrected chi connectivity index (χ0v) is 25.4. The van der Waals surface area contributed by atoms with Crippen LogP contribution in [-0.2, 0) is 48.1 Å². The number of nitrogens with one attached hydrogen (secondary N) is 5. The van der Waals surface area contributed by atoms with Gasteiger partial charge in [0.15, 0.2) is 0 Å². The Bertz CT molecular complexity index is 1310. The van der Waals surface area contributed by atoms with Crippen LogP contribution in [0.5, 0.6) is 0 Å². The van der Waals surface area contributed by atoms with Crippen molar-refractivity contribution in [2.75, 3.05) is 19.0 Å². The molecule has 1 aliphatic heterocycles. The number of hydroxylamine groups is 1. The third-order valence-corrected chi connectivity index (χ3v) is 7.53. The Hall–Kier alpha value is -3.96. The average Bonchev–Trinajstić information content (AvgIpc) is 3.71. The second-order valence-corrected chi connectivity index (χ2v) is 12.1. The highest BCUT2D eigenvalue weighted by molar-refractivity contribution is 5.99. The molecule has 0 saturated heterocycles. The number of carbonyl (C=O) groups excluding carboxylic acids is 4. The van der Waals surface area contributed by atoms with Crippen molar-refractivity contribution in [3.63, 3.8) is 0 Å². The number of aryl methyl sites for hydroxylation is 2. The van der Waals surface area contributed by atoms with Gasteiger partial charge in [0.05, 0.1) is 18.1 Å². The molecule has 0 radical (unpaired) electrons. The van der Waals surface area contributed by atoms with Crippen LogP contribution >= 0.6 is 0 Å². The summed E-state index contributed by atoms with van der Waals surface area (Å²) in [5.41, 5.74) is 4.55. The topological polar surface area (TPSA) is 147 Å². The minimum atomic E-state index is -1.32. The summed E-state index contributed by atoms with van der Waals surface area (Å²) in [4.78, 5) is 58.0. The number of methoxy groups -OCH3 is 1. The van der Waals surface area contributed by atoms with E-state index in [4.69, 9.17) is 9.57 Å². The van der Waals surface area contributed by atoms with Gasteiger partial charge in [-0.3, -0.25) is 24.0 Å². The first-order valence-corrected chi connectivity index (χ1v) is 14.8. The fourth-order valence-electron chi connectivity index (χ4n) is 5.13. The van der Waals surface area contributed by atoms with Gasteiger partial charge >= 0.3 is 0 Å². The summed E-state index contributed by atoms with van der Waals surface area (Å²) in [6.45, 7) is 6.45. The lowest BCUT2D eigenvalue weighted by Gasteiger charge is -2.25. The van der Waals surface area contributed by atoms with E-state index in [1.165, 1.54) is 12.7 Å². The fourth-order valence-corrected chi connectivity index (χ4v) is 5.13. The minimum Gasteiger partial charge on any atom is -0.385 e. The molecule has 4 amide bonds. The highest BCUT2D eigenvalue weighted by Gasteiger charge is 2.62. The van der Waals surface area contributed by atoms with Crippen molar-refractivity contribution in [1.82, 2.24) is 21.4 Å². The van der Waals surface area contributed by atoms with Gasteiger partial charge in [0, 0.05) is 38.7 Å². The number of hydrogen-bond donors (Lipinski definition) is 5. The number of anilines is 1. The Morgan fingerprint density at radius 3 is 2.51 bits per heavy atom. The van der Waals surface area contributed by atoms with Crippen LogP contribution in [0.2, 0.25) is 0 Å². The summed E-state index contributed by atoms with van der Waals surface area (Å²) in [5.74, 6) is -2.03. The van der Waals surface area contributed by atoms with Gasteiger partial charge in [0.25, 0.3) is 0 Å². The van der Waals surface area contributed by atoms with E-state index in [-0.39, 0.29) is 25.8 Å². The quantitative estimate of drug-likeness (QED) is 0.224. The molecule has 11 heteroatoms. The molecule has 43 heavy (non-hydrogen) atoms. The first-order chi connectivity index (χ1) is 20.5. The van der Waals surface area contributed by atoms with Crippen LogP contribution in [0.3, 0.4) is 0 Å². The van der Waals surface area contributed by atoms with Crippen molar-refractivity contribution >= 4 is 29.3 Å². The smallest absolute Gasteiger partial charge is 0.248 e. The predicted octanol–water partition coefficient (Wildman–Crippen LogP) is 2.29. The van der Waals surface area contributed by atoms with E-state index in [1.807, 2.05) is 42.5 Å². The molecule has 1 heterocycles. The highest BCUT2D eigenvalue weighted by Crippen LogP contribution is 2.39. The lowest BCUT2D eigenvalue weighted by Crippen LogP contribution is -2.57. The molecule has 1 aliphatic carbocycles. The Balaban J connectivity index is 1.43. The summed E-state index contributed by atoms with van der Waals surface area (Å²) >= 11 is 0. The molecule has 2 aromatic carbocycles. The monoisotopic (exact) mass is 593 g/mol. The number of fused-ring (bicyclic) bond motifs is 1. The van der Waals surface area contributed by atoms with E-state index in [1.54, 1.807) is 20.8 Å². The van der Waals surface area contributed by atoms with Crippen LogP contribution in [0, 0.1) is 0 Å².